The number of hydrogen-bond acceptors (Lipinski definition) is 4. The van der Waals surface area contributed by atoms with Gasteiger partial charge in [-0.1, -0.05) is 61.3 Å². The van der Waals surface area contributed by atoms with Crippen LogP contribution in [0, 0.1) is 12.8 Å². The van der Waals surface area contributed by atoms with E-state index in [2.05, 4.69) is 5.32 Å². The predicted molar refractivity (Wildman–Crippen MR) is 130 cm³/mol. The molecular formula is C24H32ClN3O4S. The van der Waals surface area contributed by atoms with Gasteiger partial charge in [0.2, 0.25) is 21.8 Å². The van der Waals surface area contributed by atoms with E-state index in [1.165, 1.54) is 24.1 Å². The Hall–Kier alpha value is -2.42. The molecule has 180 valence electrons. The summed E-state index contributed by atoms with van der Waals surface area (Å²) in [5.74, 6) is -0.562. The van der Waals surface area contributed by atoms with Crippen molar-refractivity contribution in [1.82, 2.24) is 14.5 Å². The SMILES string of the molecule is Cc1ccc(S(=O)(=O)N(C)CC(=O)N(Cc2ccccc2Cl)C(C)C(=O)NCC(C)C)cc1. The quantitative estimate of drug-likeness (QED) is 0.549. The van der Waals surface area contributed by atoms with Crippen molar-refractivity contribution in [3.63, 3.8) is 0 Å². The lowest BCUT2D eigenvalue weighted by atomic mass is 10.1. The van der Waals surface area contributed by atoms with Crippen LogP contribution in [-0.4, -0.2) is 55.6 Å². The zero-order valence-electron chi connectivity index (χ0n) is 19.7. The number of carbonyl (C=O) groups excluding carboxylic acids is 2. The summed E-state index contributed by atoms with van der Waals surface area (Å²) in [5.41, 5.74) is 1.60. The molecule has 0 aliphatic heterocycles. The Bertz CT molecular complexity index is 1070. The van der Waals surface area contributed by atoms with Gasteiger partial charge in [0.15, 0.2) is 0 Å². The van der Waals surface area contributed by atoms with Gasteiger partial charge in [-0.05, 0) is 43.5 Å². The predicted octanol–water partition coefficient (Wildman–Crippen LogP) is 3.46. The molecule has 33 heavy (non-hydrogen) atoms. The number of sulfonamides is 1. The molecule has 0 aliphatic carbocycles. The highest BCUT2D eigenvalue weighted by Crippen LogP contribution is 2.20. The van der Waals surface area contributed by atoms with Crippen LogP contribution in [0.5, 0.6) is 0 Å². The van der Waals surface area contributed by atoms with E-state index in [-0.39, 0.29) is 23.3 Å². The van der Waals surface area contributed by atoms with Crippen LogP contribution < -0.4 is 5.32 Å². The molecule has 0 aromatic heterocycles. The molecule has 2 rings (SSSR count). The number of benzene rings is 2. The summed E-state index contributed by atoms with van der Waals surface area (Å²) in [5, 5.41) is 3.30. The molecule has 2 amide bonds. The molecule has 0 spiro atoms. The Morgan fingerprint density at radius 1 is 1.03 bits per heavy atom. The van der Waals surface area contributed by atoms with Crippen molar-refractivity contribution in [3.05, 3.63) is 64.7 Å². The fourth-order valence-electron chi connectivity index (χ4n) is 3.10. The standard InChI is InChI=1S/C24H32ClN3O4S/c1-17(2)14-26-24(30)19(4)28(15-20-8-6-7-9-22(20)25)23(29)16-27(5)33(31,32)21-12-10-18(3)11-13-21/h6-13,17,19H,14-16H2,1-5H3,(H,26,30). The Labute approximate surface area is 201 Å². The van der Waals surface area contributed by atoms with E-state index in [0.717, 1.165) is 9.87 Å². The number of halogens is 1. The van der Waals surface area contributed by atoms with E-state index in [9.17, 15) is 18.0 Å². The van der Waals surface area contributed by atoms with Crippen molar-refractivity contribution in [2.75, 3.05) is 20.1 Å². The number of amides is 2. The van der Waals surface area contributed by atoms with Gasteiger partial charge >= 0.3 is 0 Å². The molecule has 1 N–H and O–H groups in total. The molecule has 2 aromatic carbocycles. The van der Waals surface area contributed by atoms with Crippen LogP contribution in [0.2, 0.25) is 5.02 Å². The fourth-order valence-corrected chi connectivity index (χ4v) is 4.42. The van der Waals surface area contributed by atoms with E-state index in [1.54, 1.807) is 43.3 Å². The molecule has 9 heteroatoms. The van der Waals surface area contributed by atoms with Crippen LogP contribution >= 0.6 is 11.6 Å². The van der Waals surface area contributed by atoms with Crippen molar-refractivity contribution >= 4 is 33.4 Å². The Kier molecular flexibility index (Phi) is 9.46. The summed E-state index contributed by atoms with van der Waals surface area (Å²) < 4.78 is 26.9. The van der Waals surface area contributed by atoms with Gasteiger partial charge in [-0.2, -0.15) is 4.31 Å². The van der Waals surface area contributed by atoms with E-state index >= 15 is 0 Å². The summed E-state index contributed by atoms with van der Waals surface area (Å²) in [4.78, 5) is 27.5. The molecule has 0 heterocycles. The van der Waals surface area contributed by atoms with Gasteiger partial charge in [-0.3, -0.25) is 9.59 Å². The molecule has 2 aromatic rings. The number of nitrogens with one attached hydrogen (secondary N) is 1. The normalized spacial score (nSPS) is 12.6. The number of nitrogens with zero attached hydrogens (tertiary/aromatic N) is 2. The molecule has 0 radical (unpaired) electrons. The van der Waals surface area contributed by atoms with Crippen molar-refractivity contribution in [3.8, 4) is 0 Å². The van der Waals surface area contributed by atoms with Crippen LogP contribution in [0.1, 0.15) is 31.9 Å². The van der Waals surface area contributed by atoms with Crippen LogP contribution in [0.25, 0.3) is 0 Å². The third-order valence-corrected chi connectivity index (χ3v) is 7.42. The molecule has 0 fully saturated rings. The first-order chi connectivity index (χ1) is 15.4. The van der Waals surface area contributed by atoms with E-state index < -0.39 is 28.5 Å². The summed E-state index contributed by atoms with van der Waals surface area (Å²) >= 11 is 6.29. The first-order valence-electron chi connectivity index (χ1n) is 10.8. The molecule has 7 nitrogen and oxygen atoms in total. The Balaban J connectivity index is 2.27. The van der Waals surface area contributed by atoms with E-state index in [1.807, 2.05) is 20.8 Å². The highest BCUT2D eigenvalue weighted by molar-refractivity contribution is 7.89. The van der Waals surface area contributed by atoms with Gasteiger partial charge in [-0.15, -0.1) is 0 Å². The number of aryl methyl sites for hydroxylation is 1. The van der Waals surface area contributed by atoms with Crippen molar-refractivity contribution in [1.29, 1.82) is 0 Å². The monoisotopic (exact) mass is 493 g/mol. The maximum Gasteiger partial charge on any atom is 0.243 e. The van der Waals surface area contributed by atoms with Crippen LogP contribution in [-0.2, 0) is 26.2 Å². The minimum absolute atomic E-state index is 0.0766. The molecule has 1 atom stereocenters. The number of rotatable bonds is 10. The topological polar surface area (TPSA) is 86.8 Å². The van der Waals surface area contributed by atoms with E-state index in [4.69, 9.17) is 11.6 Å². The average Bonchev–Trinajstić information content (AvgIpc) is 2.76. The minimum Gasteiger partial charge on any atom is -0.354 e. The highest BCUT2D eigenvalue weighted by Gasteiger charge is 2.30. The average molecular weight is 494 g/mol. The smallest absolute Gasteiger partial charge is 0.243 e. The van der Waals surface area contributed by atoms with Gasteiger partial charge < -0.3 is 10.2 Å². The fraction of sp³-hybridized carbons (Fsp3) is 0.417. The summed E-state index contributed by atoms with van der Waals surface area (Å²) in [7, 11) is -2.52. The maximum atomic E-state index is 13.3. The Morgan fingerprint density at radius 3 is 2.21 bits per heavy atom. The van der Waals surface area contributed by atoms with Gasteiger partial charge in [0.1, 0.15) is 6.04 Å². The number of likely N-dealkylation sites (N-methyl/N-ethyl adjacent to an activating group) is 1. The van der Waals surface area contributed by atoms with Gasteiger partial charge in [0.05, 0.1) is 11.4 Å². The van der Waals surface area contributed by atoms with Crippen LogP contribution in [0.4, 0.5) is 0 Å². The molecule has 0 bridgehead atoms. The summed E-state index contributed by atoms with van der Waals surface area (Å²) in [6.07, 6.45) is 0. The third-order valence-electron chi connectivity index (χ3n) is 5.24. The highest BCUT2D eigenvalue weighted by atomic mass is 35.5. The number of carbonyl (C=O) groups is 2. The van der Waals surface area contributed by atoms with E-state index in [0.29, 0.717) is 17.1 Å². The first-order valence-corrected chi connectivity index (χ1v) is 12.6. The van der Waals surface area contributed by atoms with Gasteiger partial charge in [0.25, 0.3) is 0 Å². The first kappa shape index (κ1) is 26.8. The largest absolute Gasteiger partial charge is 0.354 e. The molecule has 0 aliphatic rings. The zero-order chi connectivity index (χ0) is 24.8. The van der Waals surface area contributed by atoms with Crippen LogP contribution in [0.3, 0.4) is 0 Å². The second-order valence-corrected chi connectivity index (χ2v) is 11.0. The third kappa shape index (κ3) is 7.28. The molecule has 0 saturated carbocycles. The minimum atomic E-state index is -3.87. The summed E-state index contributed by atoms with van der Waals surface area (Å²) in [6.45, 7) is 7.57. The maximum absolute atomic E-state index is 13.3. The summed E-state index contributed by atoms with van der Waals surface area (Å²) in [6, 6.07) is 12.7. The lowest BCUT2D eigenvalue weighted by molar-refractivity contribution is -0.140. The van der Waals surface area contributed by atoms with Crippen LogP contribution in [0.15, 0.2) is 53.4 Å². The van der Waals surface area contributed by atoms with Gasteiger partial charge in [0, 0.05) is 25.2 Å². The van der Waals surface area contributed by atoms with Gasteiger partial charge in [-0.25, -0.2) is 8.42 Å². The zero-order valence-corrected chi connectivity index (χ0v) is 21.3. The Morgan fingerprint density at radius 2 is 1.64 bits per heavy atom. The second kappa shape index (κ2) is 11.6. The number of hydrogen-bond donors (Lipinski definition) is 1. The molecule has 1 unspecified atom stereocenters. The van der Waals surface area contributed by atoms with Crippen molar-refractivity contribution < 1.29 is 18.0 Å². The lowest BCUT2D eigenvalue weighted by Crippen LogP contribution is -2.51. The molecule has 0 saturated heterocycles. The lowest BCUT2D eigenvalue weighted by Gasteiger charge is -2.30. The second-order valence-electron chi connectivity index (χ2n) is 8.50. The van der Waals surface area contributed by atoms with Crippen molar-refractivity contribution in [2.45, 2.75) is 45.2 Å². The van der Waals surface area contributed by atoms with Crippen molar-refractivity contribution in [2.24, 2.45) is 5.92 Å². The molecular weight excluding hydrogens is 462 g/mol.